The third-order valence-corrected chi connectivity index (χ3v) is 6.90. The molecule has 1 fully saturated rings. The third-order valence-electron chi connectivity index (χ3n) is 5.83. The Morgan fingerprint density at radius 2 is 2.00 bits per heavy atom. The van der Waals surface area contributed by atoms with Crippen molar-refractivity contribution in [2.24, 2.45) is 0 Å². The van der Waals surface area contributed by atoms with Crippen LogP contribution in [0.5, 0.6) is 0 Å². The molecule has 4 heterocycles. The van der Waals surface area contributed by atoms with Gasteiger partial charge < -0.3 is 14.8 Å². The molecule has 0 saturated carbocycles. The minimum absolute atomic E-state index is 0.236. The molecule has 2 amide bonds. The number of benzene rings is 1. The first kappa shape index (κ1) is 22.5. The van der Waals surface area contributed by atoms with Crippen molar-refractivity contribution in [1.82, 2.24) is 14.9 Å². The number of amides is 2. The van der Waals surface area contributed by atoms with Gasteiger partial charge in [-0.3, -0.25) is 14.8 Å². The minimum Gasteiger partial charge on any atom is -0.462 e. The molecular weight excluding hydrogens is 454 g/mol. The second-order valence-electron chi connectivity index (χ2n) is 7.98. The zero-order valence-corrected chi connectivity index (χ0v) is 19.6. The molecule has 1 saturated heterocycles. The van der Waals surface area contributed by atoms with Crippen LogP contribution < -0.4 is 10.2 Å². The second-order valence-corrected chi connectivity index (χ2v) is 8.98. The fraction of sp³-hybridized carbons (Fsp3) is 0.333. The zero-order chi connectivity index (χ0) is 23.5. The predicted octanol–water partition coefficient (Wildman–Crippen LogP) is 3.77. The van der Waals surface area contributed by atoms with Crippen molar-refractivity contribution in [1.29, 1.82) is 0 Å². The number of morpholine rings is 1. The van der Waals surface area contributed by atoms with Gasteiger partial charge in [0.2, 0.25) is 0 Å². The Labute approximate surface area is 201 Å². The van der Waals surface area contributed by atoms with Crippen LogP contribution in [0, 0.1) is 0 Å². The van der Waals surface area contributed by atoms with Crippen LogP contribution in [-0.4, -0.2) is 59.8 Å². The molecule has 0 unspecified atom stereocenters. The first-order chi connectivity index (χ1) is 16.6. The number of fused-ring (bicyclic) bond motifs is 1. The molecule has 0 spiro atoms. The van der Waals surface area contributed by atoms with Crippen LogP contribution in [0.15, 0.2) is 42.7 Å². The SMILES string of the molecule is CCOC(=O)c1sc(-c2ccncc2)nc1N1Cc2c(CN3CCOCC3)cccc2NC1=O. The third kappa shape index (κ3) is 4.52. The molecule has 176 valence electrons. The number of thiazole rings is 1. The topological polar surface area (TPSA) is 96.9 Å². The summed E-state index contributed by atoms with van der Waals surface area (Å²) in [6.45, 7) is 6.24. The second kappa shape index (κ2) is 9.88. The molecule has 2 aliphatic heterocycles. The van der Waals surface area contributed by atoms with Gasteiger partial charge in [0, 0.05) is 48.8 Å². The number of rotatable bonds is 6. The van der Waals surface area contributed by atoms with E-state index in [1.807, 2.05) is 24.3 Å². The summed E-state index contributed by atoms with van der Waals surface area (Å²) < 4.78 is 10.8. The van der Waals surface area contributed by atoms with Crippen molar-refractivity contribution >= 4 is 34.8 Å². The summed E-state index contributed by atoms with van der Waals surface area (Å²) in [7, 11) is 0. The van der Waals surface area contributed by atoms with Crippen LogP contribution in [0.4, 0.5) is 16.3 Å². The summed E-state index contributed by atoms with van der Waals surface area (Å²) in [4.78, 5) is 38.8. The maximum atomic E-state index is 13.1. The average molecular weight is 480 g/mol. The van der Waals surface area contributed by atoms with E-state index in [9.17, 15) is 9.59 Å². The van der Waals surface area contributed by atoms with Gasteiger partial charge in [0.15, 0.2) is 10.7 Å². The molecule has 34 heavy (non-hydrogen) atoms. The van der Waals surface area contributed by atoms with E-state index in [2.05, 4.69) is 21.3 Å². The summed E-state index contributed by atoms with van der Waals surface area (Å²) in [5, 5.41) is 3.61. The molecule has 1 N–H and O–H groups in total. The van der Waals surface area contributed by atoms with Crippen molar-refractivity contribution < 1.29 is 19.1 Å². The van der Waals surface area contributed by atoms with Crippen LogP contribution in [0.2, 0.25) is 0 Å². The molecule has 3 aromatic rings. The predicted molar refractivity (Wildman–Crippen MR) is 129 cm³/mol. The van der Waals surface area contributed by atoms with Crippen LogP contribution in [0.25, 0.3) is 10.6 Å². The number of carbonyl (C=O) groups excluding carboxylic acids is 2. The number of hydrogen-bond acceptors (Lipinski definition) is 8. The Bertz CT molecular complexity index is 1190. The Balaban J connectivity index is 1.51. The van der Waals surface area contributed by atoms with Gasteiger partial charge in [-0.2, -0.15) is 0 Å². The molecule has 2 aromatic heterocycles. The van der Waals surface area contributed by atoms with Crippen molar-refractivity contribution in [2.45, 2.75) is 20.0 Å². The van der Waals surface area contributed by atoms with Crippen molar-refractivity contribution in [3.63, 3.8) is 0 Å². The molecule has 5 rings (SSSR count). The highest BCUT2D eigenvalue weighted by molar-refractivity contribution is 7.17. The number of hydrogen-bond donors (Lipinski definition) is 1. The van der Waals surface area contributed by atoms with Gasteiger partial charge in [0.1, 0.15) is 5.01 Å². The summed E-state index contributed by atoms with van der Waals surface area (Å²) in [5.41, 5.74) is 3.76. The lowest BCUT2D eigenvalue weighted by atomic mass is 10.0. The Hall–Kier alpha value is -3.34. The fourth-order valence-corrected chi connectivity index (χ4v) is 5.08. The van der Waals surface area contributed by atoms with E-state index >= 15 is 0 Å². The van der Waals surface area contributed by atoms with Gasteiger partial charge in [-0.05, 0) is 30.7 Å². The van der Waals surface area contributed by atoms with Crippen molar-refractivity contribution in [3.8, 4) is 10.6 Å². The van der Waals surface area contributed by atoms with E-state index in [1.165, 1.54) is 16.2 Å². The van der Waals surface area contributed by atoms with E-state index in [-0.39, 0.29) is 12.6 Å². The van der Waals surface area contributed by atoms with Gasteiger partial charge in [0.05, 0.1) is 26.4 Å². The summed E-state index contributed by atoms with van der Waals surface area (Å²) in [6.07, 6.45) is 3.34. The number of anilines is 2. The number of aromatic nitrogens is 2. The molecule has 0 atom stereocenters. The lowest BCUT2D eigenvalue weighted by Gasteiger charge is -2.32. The Morgan fingerprint density at radius 3 is 2.76 bits per heavy atom. The van der Waals surface area contributed by atoms with Crippen LogP contribution in [-0.2, 0) is 22.6 Å². The highest BCUT2D eigenvalue weighted by Gasteiger charge is 2.32. The number of carbonyl (C=O) groups is 2. The first-order valence-electron chi connectivity index (χ1n) is 11.2. The van der Waals surface area contributed by atoms with E-state index in [1.54, 1.807) is 19.3 Å². The molecule has 1 aromatic carbocycles. The van der Waals surface area contributed by atoms with E-state index < -0.39 is 5.97 Å². The largest absolute Gasteiger partial charge is 0.462 e. The highest BCUT2D eigenvalue weighted by Crippen LogP contribution is 2.37. The van der Waals surface area contributed by atoms with E-state index in [0.717, 1.165) is 55.2 Å². The molecule has 0 radical (unpaired) electrons. The number of nitrogens with one attached hydrogen (secondary N) is 1. The fourth-order valence-electron chi connectivity index (χ4n) is 4.11. The summed E-state index contributed by atoms with van der Waals surface area (Å²) >= 11 is 1.21. The van der Waals surface area contributed by atoms with E-state index in [0.29, 0.717) is 22.2 Å². The highest BCUT2D eigenvalue weighted by atomic mass is 32.1. The maximum Gasteiger partial charge on any atom is 0.352 e. The number of urea groups is 1. The lowest BCUT2D eigenvalue weighted by Crippen LogP contribution is -2.41. The van der Waals surface area contributed by atoms with Gasteiger partial charge in [-0.1, -0.05) is 12.1 Å². The van der Waals surface area contributed by atoms with Gasteiger partial charge in [-0.25, -0.2) is 14.6 Å². The number of ether oxygens (including phenoxy) is 2. The van der Waals surface area contributed by atoms with Crippen molar-refractivity contribution in [3.05, 3.63) is 58.7 Å². The molecule has 0 aliphatic carbocycles. The minimum atomic E-state index is -0.490. The molecule has 2 aliphatic rings. The summed E-state index contributed by atoms with van der Waals surface area (Å²) in [5.74, 6) is -0.185. The maximum absolute atomic E-state index is 13.1. The van der Waals surface area contributed by atoms with Gasteiger partial charge in [-0.15, -0.1) is 11.3 Å². The van der Waals surface area contributed by atoms with Crippen LogP contribution >= 0.6 is 11.3 Å². The standard InChI is InChI=1S/C24H25N5O4S/c1-2-33-23(30)20-21(27-22(34-20)16-6-8-25-9-7-16)29-15-18-17(14-28-10-12-32-13-11-28)4-3-5-19(18)26-24(29)31/h3-9H,2,10-15H2,1H3,(H,26,31). The number of nitrogens with zero attached hydrogens (tertiary/aromatic N) is 4. The normalized spacial score (nSPS) is 16.1. The van der Waals surface area contributed by atoms with Crippen LogP contribution in [0.1, 0.15) is 27.7 Å². The first-order valence-corrected chi connectivity index (χ1v) is 12.0. The number of esters is 1. The Kier molecular flexibility index (Phi) is 6.52. The molecule has 10 heteroatoms. The van der Waals surface area contributed by atoms with E-state index in [4.69, 9.17) is 14.5 Å². The van der Waals surface area contributed by atoms with Crippen LogP contribution in [0.3, 0.4) is 0 Å². The summed E-state index contributed by atoms with van der Waals surface area (Å²) in [6, 6.07) is 9.27. The Morgan fingerprint density at radius 1 is 1.21 bits per heavy atom. The number of pyridine rings is 1. The quantitative estimate of drug-likeness (QED) is 0.538. The van der Waals surface area contributed by atoms with Gasteiger partial charge >= 0.3 is 12.0 Å². The average Bonchev–Trinajstić information content (AvgIpc) is 3.31. The van der Waals surface area contributed by atoms with Gasteiger partial charge in [0.25, 0.3) is 0 Å². The lowest BCUT2D eigenvalue weighted by molar-refractivity contribution is 0.0341. The van der Waals surface area contributed by atoms with Crippen molar-refractivity contribution in [2.75, 3.05) is 43.1 Å². The molecule has 9 nitrogen and oxygen atoms in total. The zero-order valence-electron chi connectivity index (χ0n) is 18.8. The molecule has 0 bridgehead atoms. The molecular formula is C24H25N5O4S. The monoisotopic (exact) mass is 479 g/mol. The smallest absolute Gasteiger partial charge is 0.352 e.